The Morgan fingerprint density at radius 2 is 1.77 bits per heavy atom. The number of unbranched alkanes of at least 4 members (excludes halogenated alkanes) is 4. The van der Waals surface area contributed by atoms with Crippen molar-refractivity contribution in [2.24, 2.45) is 4.99 Å². The average molecular weight is 470 g/mol. The maximum absolute atomic E-state index is 5.17. The smallest absolute Gasteiger partial charge is 0.0705 e. The lowest BCUT2D eigenvalue weighted by atomic mass is 9.97. The Bertz CT molecular complexity index is 1070. The summed E-state index contributed by atoms with van der Waals surface area (Å²) in [5.74, 6) is 0. The van der Waals surface area contributed by atoms with Crippen LogP contribution in [-0.4, -0.2) is 37.2 Å². The molecule has 0 aliphatic heterocycles. The van der Waals surface area contributed by atoms with Crippen molar-refractivity contribution in [2.75, 3.05) is 21.1 Å². The number of allylic oxidation sites excluding steroid dienone is 5. The molecule has 2 rings (SSSR count). The Kier molecular flexibility index (Phi) is 12.0. The summed E-state index contributed by atoms with van der Waals surface area (Å²) in [6.07, 6.45) is 16.3. The number of pyridine rings is 1. The number of hydrogen-bond acceptors (Lipinski definition) is 3. The molecule has 1 aromatic heterocycles. The second-order valence-electron chi connectivity index (χ2n) is 9.38. The molecule has 186 valence electrons. The van der Waals surface area contributed by atoms with Crippen LogP contribution in [0.2, 0.25) is 0 Å². The minimum atomic E-state index is 0.969. The van der Waals surface area contributed by atoms with E-state index in [9.17, 15) is 0 Å². The largest absolute Gasteiger partial charge is 0.383 e. The van der Waals surface area contributed by atoms with Gasteiger partial charge in [-0.3, -0.25) is 9.98 Å². The predicted octanol–water partition coefficient (Wildman–Crippen LogP) is 8.40. The molecule has 0 N–H and O–H groups in total. The molecular weight excluding hydrogens is 426 g/mol. The van der Waals surface area contributed by atoms with Gasteiger partial charge >= 0.3 is 0 Å². The number of nitrogens with zero attached hydrogens (tertiary/aromatic N) is 3. The zero-order valence-corrected chi connectivity index (χ0v) is 22.5. The first-order valence-corrected chi connectivity index (χ1v) is 12.7. The first kappa shape index (κ1) is 28.0. The van der Waals surface area contributed by atoms with E-state index in [4.69, 9.17) is 4.98 Å². The minimum absolute atomic E-state index is 0.969. The van der Waals surface area contributed by atoms with E-state index in [2.05, 4.69) is 80.7 Å². The lowest BCUT2D eigenvalue weighted by Gasteiger charge is -2.13. The summed E-state index contributed by atoms with van der Waals surface area (Å²) in [6.45, 7) is 12.2. The highest BCUT2D eigenvalue weighted by atomic mass is 15.0. The molecule has 1 aromatic carbocycles. The van der Waals surface area contributed by atoms with Crippen molar-refractivity contribution in [1.82, 2.24) is 9.88 Å². The quantitative estimate of drug-likeness (QED) is 0.120. The molecule has 0 aliphatic carbocycles. The van der Waals surface area contributed by atoms with Gasteiger partial charge in [0.05, 0.1) is 5.69 Å². The Morgan fingerprint density at radius 1 is 1.03 bits per heavy atom. The molecule has 0 bridgehead atoms. The molecule has 3 nitrogen and oxygen atoms in total. The Labute approximate surface area is 213 Å². The van der Waals surface area contributed by atoms with E-state index < -0.39 is 0 Å². The highest BCUT2D eigenvalue weighted by Gasteiger charge is 2.11. The van der Waals surface area contributed by atoms with Gasteiger partial charge in [-0.25, -0.2) is 0 Å². The number of aryl methyl sites for hydroxylation is 1. The van der Waals surface area contributed by atoms with Gasteiger partial charge in [0.2, 0.25) is 0 Å². The SMILES string of the molecule is C=C/C(=C\N(C)C)c1cccc(-c2ccc(/C(C=NC)=C/C)c(CCCCCCCC(=C)C)n2)c1. The van der Waals surface area contributed by atoms with Crippen LogP contribution in [0.5, 0.6) is 0 Å². The normalized spacial score (nSPS) is 12.3. The van der Waals surface area contributed by atoms with E-state index in [1.54, 1.807) is 0 Å². The van der Waals surface area contributed by atoms with Gasteiger partial charge in [-0.05, 0) is 68.4 Å². The van der Waals surface area contributed by atoms with Crippen molar-refractivity contribution in [2.45, 2.75) is 58.8 Å². The van der Waals surface area contributed by atoms with Crippen LogP contribution in [0.25, 0.3) is 22.4 Å². The summed E-state index contributed by atoms with van der Waals surface area (Å²) >= 11 is 0. The Hall–Kier alpha value is -3.20. The van der Waals surface area contributed by atoms with Crippen molar-refractivity contribution >= 4 is 17.4 Å². The molecule has 0 unspecified atom stereocenters. The molecule has 0 aliphatic rings. The van der Waals surface area contributed by atoms with Crippen molar-refractivity contribution < 1.29 is 0 Å². The molecule has 0 fully saturated rings. The molecular formula is C32H43N3. The van der Waals surface area contributed by atoms with Crippen LogP contribution in [0.15, 0.2) is 78.5 Å². The zero-order chi connectivity index (χ0) is 25.6. The molecule has 0 amide bonds. The van der Waals surface area contributed by atoms with Crippen LogP contribution in [0.4, 0.5) is 0 Å². The summed E-state index contributed by atoms with van der Waals surface area (Å²) in [5, 5.41) is 0. The highest BCUT2D eigenvalue weighted by Crippen LogP contribution is 2.27. The van der Waals surface area contributed by atoms with Gasteiger partial charge in [0.25, 0.3) is 0 Å². The van der Waals surface area contributed by atoms with Crippen LogP contribution < -0.4 is 0 Å². The molecule has 0 radical (unpaired) electrons. The Balaban J connectivity index is 2.30. The fraction of sp³-hybridized carbons (Fsp3) is 0.375. The van der Waals surface area contributed by atoms with Crippen molar-refractivity contribution in [3.63, 3.8) is 0 Å². The topological polar surface area (TPSA) is 28.5 Å². The van der Waals surface area contributed by atoms with Gasteiger partial charge in [-0.1, -0.05) is 67.8 Å². The molecule has 35 heavy (non-hydrogen) atoms. The van der Waals surface area contributed by atoms with Crippen molar-refractivity contribution in [3.05, 3.63) is 90.3 Å². The first-order valence-electron chi connectivity index (χ1n) is 12.7. The second-order valence-corrected chi connectivity index (χ2v) is 9.38. The summed E-state index contributed by atoms with van der Waals surface area (Å²) in [4.78, 5) is 11.5. The average Bonchev–Trinajstić information content (AvgIpc) is 2.85. The maximum atomic E-state index is 5.17. The summed E-state index contributed by atoms with van der Waals surface area (Å²) in [6, 6.07) is 12.9. The third-order valence-electron chi connectivity index (χ3n) is 5.99. The number of hydrogen-bond donors (Lipinski definition) is 0. The van der Waals surface area contributed by atoms with E-state index in [0.717, 1.165) is 52.9 Å². The van der Waals surface area contributed by atoms with Gasteiger partial charge in [0.15, 0.2) is 0 Å². The van der Waals surface area contributed by atoms with E-state index in [0.29, 0.717) is 0 Å². The minimum Gasteiger partial charge on any atom is -0.383 e. The van der Waals surface area contributed by atoms with E-state index >= 15 is 0 Å². The number of rotatable bonds is 14. The van der Waals surface area contributed by atoms with Crippen LogP contribution in [-0.2, 0) is 6.42 Å². The summed E-state index contributed by atoms with van der Waals surface area (Å²) in [7, 11) is 5.87. The van der Waals surface area contributed by atoms with Crippen LogP contribution in [0.1, 0.15) is 69.2 Å². The third-order valence-corrected chi connectivity index (χ3v) is 5.99. The number of aromatic nitrogens is 1. The van der Waals surface area contributed by atoms with Gasteiger partial charge < -0.3 is 4.90 Å². The number of aliphatic imine (C=N–C) groups is 1. The third kappa shape index (κ3) is 9.16. The molecule has 0 spiro atoms. The van der Waals surface area contributed by atoms with Crippen molar-refractivity contribution in [3.8, 4) is 11.3 Å². The van der Waals surface area contributed by atoms with Gasteiger partial charge in [-0.2, -0.15) is 0 Å². The molecule has 3 heteroatoms. The van der Waals surface area contributed by atoms with E-state index in [-0.39, 0.29) is 0 Å². The second kappa shape index (κ2) is 14.9. The molecule has 0 atom stereocenters. The molecule has 2 aromatic rings. The lowest BCUT2D eigenvalue weighted by Crippen LogP contribution is -2.02. The fourth-order valence-electron chi connectivity index (χ4n) is 4.19. The fourth-order valence-corrected chi connectivity index (χ4v) is 4.19. The van der Waals surface area contributed by atoms with Crippen molar-refractivity contribution in [1.29, 1.82) is 0 Å². The van der Waals surface area contributed by atoms with Crippen LogP contribution in [0.3, 0.4) is 0 Å². The maximum Gasteiger partial charge on any atom is 0.0705 e. The summed E-state index contributed by atoms with van der Waals surface area (Å²) < 4.78 is 0. The number of benzene rings is 1. The Morgan fingerprint density at radius 3 is 2.43 bits per heavy atom. The van der Waals surface area contributed by atoms with Gasteiger partial charge in [-0.15, -0.1) is 6.58 Å². The monoisotopic (exact) mass is 469 g/mol. The predicted molar refractivity (Wildman–Crippen MR) is 156 cm³/mol. The molecule has 1 heterocycles. The van der Waals surface area contributed by atoms with Crippen LogP contribution in [0, 0.1) is 0 Å². The molecule has 0 saturated carbocycles. The highest BCUT2D eigenvalue weighted by molar-refractivity contribution is 6.10. The standard InChI is InChI=1S/C32H43N3/c1-8-26(23-33-5)30-20-21-31(34-32(30)19-14-12-10-11-13-16-25(3)4)29-18-15-17-28(22-29)27(9-2)24-35(6)7/h8-9,15,17-18,20-24H,2-3,10-14,16,19H2,1,4-7H3/b26-8+,27-24+,33-23?. The molecule has 0 saturated heterocycles. The zero-order valence-electron chi connectivity index (χ0n) is 22.5. The van der Waals surface area contributed by atoms with Crippen LogP contribution >= 0.6 is 0 Å². The van der Waals surface area contributed by atoms with E-state index in [1.165, 1.54) is 36.8 Å². The lowest BCUT2D eigenvalue weighted by molar-refractivity contribution is 0.566. The summed E-state index contributed by atoms with van der Waals surface area (Å²) in [5.41, 5.74) is 9.09. The van der Waals surface area contributed by atoms with E-state index in [1.807, 2.05) is 38.3 Å². The first-order chi connectivity index (χ1) is 16.9. The van der Waals surface area contributed by atoms with Gasteiger partial charge in [0, 0.05) is 50.4 Å². The van der Waals surface area contributed by atoms with Gasteiger partial charge in [0.1, 0.15) is 0 Å².